The summed E-state index contributed by atoms with van der Waals surface area (Å²) in [7, 11) is 0. The van der Waals surface area contributed by atoms with Crippen molar-refractivity contribution in [3.63, 3.8) is 0 Å². The standard InChI is InChI=1S/C39H51ClN6O12/c1-6-23(2)21-54-18-17-53-16-15-52-14-13-51-12-11-41-37(50)29-19-27-9-7-8-10-28(27)32(29)43-35-30-20-42-46(36(30)45-39(40)44-35)38-34(57-26(5)49)33(56-25(4)48)31(58-38)22-55-24(3)47/h7-10,20,29,31-34,38H,2,6,11-19,21-22H2,1,3-5H3,(H,41,50)(H,43,44,45)/t29-,31+,32+,33+,34+,38+/m0/s1. The molecule has 2 aromatic heterocycles. The van der Waals surface area contributed by atoms with Gasteiger partial charge in [-0.25, -0.2) is 4.68 Å². The Morgan fingerprint density at radius 3 is 2.22 bits per heavy atom. The molecule has 0 spiro atoms. The summed E-state index contributed by atoms with van der Waals surface area (Å²) in [5.74, 6) is -2.34. The van der Waals surface area contributed by atoms with Crippen molar-refractivity contribution >= 4 is 52.3 Å². The van der Waals surface area contributed by atoms with Crippen molar-refractivity contribution in [1.82, 2.24) is 25.1 Å². The topological polar surface area (TPSA) is 210 Å². The Hall–Kier alpha value is -4.72. The van der Waals surface area contributed by atoms with Crippen LogP contribution in [0.25, 0.3) is 11.0 Å². The van der Waals surface area contributed by atoms with Crippen LogP contribution < -0.4 is 10.6 Å². The molecule has 0 saturated carbocycles. The summed E-state index contributed by atoms with van der Waals surface area (Å²) in [4.78, 5) is 58.5. The molecule has 1 amide bonds. The molecule has 1 fully saturated rings. The molecule has 0 unspecified atom stereocenters. The Kier molecular flexibility index (Phi) is 16.7. The van der Waals surface area contributed by atoms with Gasteiger partial charge in [0.15, 0.2) is 24.1 Å². The van der Waals surface area contributed by atoms with Crippen LogP contribution in [-0.2, 0) is 63.5 Å². The number of benzene rings is 1. The van der Waals surface area contributed by atoms with E-state index >= 15 is 0 Å². The first-order chi connectivity index (χ1) is 28.0. The summed E-state index contributed by atoms with van der Waals surface area (Å²) < 4.78 is 45.9. The zero-order valence-electron chi connectivity index (χ0n) is 33.1. The van der Waals surface area contributed by atoms with Gasteiger partial charge in [-0.3, -0.25) is 19.2 Å². The molecule has 5 rings (SSSR count). The molecule has 1 saturated heterocycles. The Balaban J connectivity index is 1.20. The molecule has 0 bridgehead atoms. The van der Waals surface area contributed by atoms with Gasteiger partial charge < -0.3 is 48.5 Å². The number of nitrogens with zero attached hydrogens (tertiary/aromatic N) is 4. The van der Waals surface area contributed by atoms with Crippen molar-refractivity contribution in [3.8, 4) is 0 Å². The number of hydrogen-bond acceptors (Lipinski definition) is 16. The van der Waals surface area contributed by atoms with E-state index in [1.165, 1.54) is 31.6 Å². The van der Waals surface area contributed by atoms with Gasteiger partial charge in [-0.15, -0.1) is 0 Å². The molecule has 0 radical (unpaired) electrons. The van der Waals surface area contributed by atoms with Gasteiger partial charge in [0, 0.05) is 27.3 Å². The van der Waals surface area contributed by atoms with E-state index in [9.17, 15) is 19.2 Å². The Bertz CT molecular complexity index is 1890. The number of rotatable bonds is 23. The predicted molar refractivity (Wildman–Crippen MR) is 208 cm³/mol. The zero-order chi connectivity index (χ0) is 41.6. The van der Waals surface area contributed by atoms with Crippen molar-refractivity contribution in [1.29, 1.82) is 0 Å². The third kappa shape index (κ3) is 12.2. The van der Waals surface area contributed by atoms with Crippen molar-refractivity contribution in [2.24, 2.45) is 5.92 Å². The van der Waals surface area contributed by atoms with Gasteiger partial charge in [0.1, 0.15) is 18.5 Å². The fourth-order valence-corrected chi connectivity index (χ4v) is 6.77. The fraction of sp³-hybridized carbons (Fsp3) is 0.564. The minimum absolute atomic E-state index is 0.146. The van der Waals surface area contributed by atoms with E-state index < -0.39 is 54.4 Å². The second-order valence-electron chi connectivity index (χ2n) is 13.6. The van der Waals surface area contributed by atoms with Crippen LogP contribution in [-0.4, -0.2) is 128 Å². The third-order valence-corrected chi connectivity index (χ3v) is 9.51. The molecule has 1 aliphatic heterocycles. The van der Waals surface area contributed by atoms with Gasteiger partial charge in [0.2, 0.25) is 11.2 Å². The maximum absolute atomic E-state index is 13.7. The average Bonchev–Trinajstić information content (AvgIpc) is 3.87. The molecule has 1 aliphatic carbocycles. The number of anilines is 1. The molecule has 6 atom stereocenters. The number of carbonyl (C=O) groups excluding carboxylic acids is 4. The van der Waals surface area contributed by atoms with Crippen LogP contribution in [0.2, 0.25) is 5.28 Å². The van der Waals surface area contributed by atoms with Crippen LogP contribution in [0.15, 0.2) is 42.6 Å². The first-order valence-electron chi connectivity index (χ1n) is 19.1. The van der Waals surface area contributed by atoms with E-state index in [0.717, 1.165) is 23.1 Å². The number of esters is 3. The molecular formula is C39H51ClN6O12. The summed E-state index contributed by atoms with van der Waals surface area (Å²) in [5.41, 5.74) is 3.16. The summed E-state index contributed by atoms with van der Waals surface area (Å²) in [5, 5.41) is 11.2. The minimum Gasteiger partial charge on any atom is -0.463 e. The van der Waals surface area contributed by atoms with Crippen molar-refractivity contribution < 1.29 is 57.1 Å². The lowest BCUT2D eigenvalue weighted by Gasteiger charge is -2.24. The van der Waals surface area contributed by atoms with Gasteiger partial charge in [-0.2, -0.15) is 15.1 Å². The lowest BCUT2D eigenvalue weighted by molar-refractivity contribution is -0.166. The maximum atomic E-state index is 13.7. The van der Waals surface area contributed by atoms with E-state index in [4.69, 9.17) is 49.5 Å². The number of hydrogen-bond donors (Lipinski definition) is 2. The molecule has 316 valence electrons. The summed E-state index contributed by atoms with van der Waals surface area (Å²) in [6.45, 7) is 13.0. The summed E-state index contributed by atoms with van der Waals surface area (Å²) in [6, 6.07) is 7.23. The van der Waals surface area contributed by atoms with Crippen LogP contribution in [0.1, 0.15) is 57.5 Å². The molecule has 3 heterocycles. The predicted octanol–water partition coefficient (Wildman–Crippen LogP) is 3.28. The van der Waals surface area contributed by atoms with Crippen LogP contribution in [0.4, 0.5) is 5.82 Å². The van der Waals surface area contributed by atoms with Crippen LogP contribution >= 0.6 is 11.6 Å². The van der Waals surface area contributed by atoms with Gasteiger partial charge in [0.05, 0.1) is 76.4 Å². The van der Waals surface area contributed by atoms with Crippen molar-refractivity contribution in [2.45, 2.75) is 71.1 Å². The van der Waals surface area contributed by atoms with Crippen molar-refractivity contribution in [3.05, 3.63) is 59.0 Å². The highest BCUT2D eigenvalue weighted by atomic mass is 35.5. The Morgan fingerprint density at radius 1 is 0.897 bits per heavy atom. The number of aromatic nitrogens is 4. The van der Waals surface area contributed by atoms with Crippen LogP contribution in [0.5, 0.6) is 0 Å². The van der Waals surface area contributed by atoms with Gasteiger partial charge in [0.25, 0.3) is 0 Å². The van der Waals surface area contributed by atoms with Gasteiger partial charge in [-0.05, 0) is 35.6 Å². The molecule has 58 heavy (non-hydrogen) atoms. The largest absolute Gasteiger partial charge is 0.463 e. The second kappa shape index (κ2) is 21.9. The lowest BCUT2D eigenvalue weighted by Crippen LogP contribution is -2.40. The monoisotopic (exact) mass is 830 g/mol. The highest BCUT2D eigenvalue weighted by Crippen LogP contribution is 2.41. The highest BCUT2D eigenvalue weighted by molar-refractivity contribution is 6.28. The fourth-order valence-electron chi connectivity index (χ4n) is 6.61. The first kappa shape index (κ1) is 44.4. The molecular weight excluding hydrogens is 780 g/mol. The summed E-state index contributed by atoms with van der Waals surface area (Å²) in [6.07, 6.45) is -1.69. The van der Waals surface area contributed by atoms with Crippen molar-refractivity contribution in [2.75, 3.05) is 71.3 Å². The van der Waals surface area contributed by atoms with E-state index in [1.807, 2.05) is 31.2 Å². The highest BCUT2D eigenvalue weighted by Gasteiger charge is 2.51. The average molecular weight is 831 g/mol. The van der Waals surface area contributed by atoms with Crippen LogP contribution in [0.3, 0.4) is 0 Å². The summed E-state index contributed by atoms with van der Waals surface area (Å²) >= 11 is 6.49. The lowest BCUT2D eigenvalue weighted by atomic mass is 9.99. The van der Waals surface area contributed by atoms with Gasteiger partial charge in [-0.1, -0.05) is 43.3 Å². The molecule has 1 aromatic carbocycles. The molecule has 2 N–H and O–H groups in total. The van der Waals surface area contributed by atoms with E-state index in [2.05, 4.69) is 32.3 Å². The SMILES string of the molecule is C=C(CC)COCCOCCOCCOCCNC(=O)[C@H]1Cc2ccccc2[C@H]1Nc1nc(Cl)nc2c1cnn2[C@@H]1O[C@H](COC(C)=O)[C@@H](OC(C)=O)[C@H]1OC(C)=O. The number of fused-ring (bicyclic) bond motifs is 2. The number of nitrogens with one attached hydrogen (secondary N) is 2. The normalized spacial score (nSPS) is 21.1. The van der Waals surface area contributed by atoms with E-state index in [0.29, 0.717) is 71.2 Å². The first-order valence-corrected chi connectivity index (χ1v) is 19.5. The zero-order valence-corrected chi connectivity index (χ0v) is 33.9. The Morgan fingerprint density at radius 2 is 1.55 bits per heavy atom. The maximum Gasteiger partial charge on any atom is 0.303 e. The molecule has 2 aliphatic rings. The molecule has 18 nitrogen and oxygen atoms in total. The number of carbonyl (C=O) groups is 4. The van der Waals surface area contributed by atoms with E-state index in [1.54, 1.807) is 0 Å². The number of ether oxygens (including phenoxy) is 8. The number of amides is 1. The van der Waals surface area contributed by atoms with Gasteiger partial charge >= 0.3 is 17.9 Å². The smallest absolute Gasteiger partial charge is 0.303 e. The second-order valence-corrected chi connectivity index (χ2v) is 13.9. The quantitative estimate of drug-likeness (QED) is 0.0462. The Labute approximate surface area is 341 Å². The third-order valence-electron chi connectivity index (χ3n) is 9.34. The minimum atomic E-state index is -1.20. The molecule has 3 aromatic rings. The van der Waals surface area contributed by atoms with Crippen LogP contribution in [0, 0.1) is 5.92 Å². The van der Waals surface area contributed by atoms with E-state index in [-0.39, 0.29) is 29.3 Å². The molecule has 19 heteroatoms. The number of halogens is 1.